The number of hydrogen-bond acceptors (Lipinski definition) is 2. The van der Waals surface area contributed by atoms with Crippen LogP contribution in [0.5, 0.6) is 0 Å². The van der Waals surface area contributed by atoms with Crippen molar-refractivity contribution >= 4 is 11.6 Å². The van der Waals surface area contributed by atoms with Crippen molar-refractivity contribution in [1.29, 1.82) is 0 Å². The molecule has 1 fully saturated rings. The van der Waals surface area contributed by atoms with Gasteiger partial charge in [-0.2, -0.15) is 0 Å². The topological polar surface area (TPSA) is 32.3 Å². The molecule has 1 aliphatic rings. The second kappa shape index (κ2) is 6.44. The third kappa shape index (κ3) is 4.45. The average Bonchev–Trinajstić information content (AvgIpc) is 2.39. The van der Waals surface area contributed by atoms with E-state index in [1.54, 1.807) is 0 Å². The Morgan fingerprint density at radius 3 is 2.43 bits per heavy atom. The van der Waals surface area contributed by atoms with Crippen LogP contribution < -0.4 is 5.32 Å². The zero-order valence-electron chi connectivity index (χ0n) is 8.64. The van der Waals surface area contributed by atoms with E-state index in [0.717, 1.165) is 32.2 Å². The second-order valence-electron chi connectivity index (χ2n) is 4.13. The molecule has 0 saturated heterocycles. The first-order valence-electron chi connectivity index (χ1n) is 5.45. The lowest BCUT2D eigenvalue weighted by Gasteiger charge is -2.26. The molecule has 3 heteroatoms. The molecule has 0 heterocycles. The molecule has 0 aromatic carbocycles. The first-order valence-corrected chi connectivity index (χ1v) is 5.89. The van der Waals surface area contributed by atoms with Crippen molar-refractivity contribution in [3.05, 3.63) is 11.6 Å². The van der Waals surface area contributed by atoms with Crippen LogP contribution in [0.15, 0.2) is 11.6 Å². The van der Waals surface area contributed by atoms with Gasteiger partial charge in [0, 0.05) is 18.6 Å². The summed E-state index contributed by atoms with van der Waals surface area (Å²) in [5.41, 5.74) is 1.03. The monoisotopic (exact) mass is 217 g/mol. The van der Waals surface area contributed by atoms with Crippen molar-refractivity contribution in [1.82, 2.24) is 5.32 Å². The lowest BCUT2D eigenvalue weighted by molar-refractivity contribution is 0.0262. The highest BCUT2D eigenvalue weighted by molar-refractivity contribution is 6.25. The molecule has 0 amide bonds. The average molecular weight is 218 g/mol. The van der Waals surface area contributed by atoms with Crippen molar-refractivity contribution in [3.63, 3.8) is 0 Å². The number of rotatable bonds is 4. The molecule has 0 aromatic rings. The maximum atomic E-state index is 10.2. The molecule has 1 aliphatic carbocycles. The minimum Gasteiger partial charge on any atom is -0.389 e. The number of nitrogens with one attached hydrogen (secondary N) is 1. The molecule has 0 radical (unpaired) electrons. The molecule has 82 valence electrons. The van der Waals surface area contributed by atoms with Crippen molar-refractivity contribution in [2.45, 2.75) is 44.1 Å². The van der Waals surface area contributed by atoms with Gasteiger partial charge in [0.05, 0.1) is 5.60 Å². The Labute approximate surface area is 91.3 Å². The Morgan fingerprint density at radius 1 is 1.21 bits per heavy atom. The number of hydrogen-bond donors (Lipinski definition) is 2. The molecule has 14 heavy (non-hydrogen) atoms. The van der Waals surface area contributed by atoms with Gasteiger partial charge >= 0.3 is 0 Å². The van der Waals surface area contributed by atoms with Gasteiger partial charge < -0.3 is 10.4 Å². The summed E-state index contributed by atoms with van der Waals surface area (Å²) in [7, 11) is 0. The zero-order valence-corrected chi connectivity index (χ0v) is 9.39. The standard InChI is InChI=1S/C11H20ClNO/c12-8-5-9-13-10-11(14)6-3-1-2-4-7-11/h5,8,13-14H,1-4,6-7,9-10H2/b8-5+. The van der Waals surface area contributed by atoms with E-state index in [9.17, 15) is 5.11 Å². The van der Waals surface area contributed by atoms with Gasteiger partial charge in [0.15, 0.2) is 0 Å². The first kappa shape index (κ1) is 12.0. The molecular weight excluding hydrogens is 198 g/mol. The molecule has 0 aromatic heterocycles. The maximum Gasteiger partial charge on any atom is 0.0771 e. The molecule has 1 rings (SSSR count). The second-order valence-corrected chi connectivity index (χ2v) is 4.38. The molecule has 2 nitrogen and oxygen atoms in total. The Balaban J connectivity index is 2.24. The highest BCUT2D eigenvalue weighted by Crippen LogP contribution is 2.26. The summed E-state index contributed by atoms with van der Waals surface area (Å²) in [4.78, 5) is 0. The summed E-state index contributed by atoms with van der Waals surface area (Å²) >= 11 is 5.40. The fourth-order valence-corrected chi connectivity index (χ4v) is 2.09. The van der Waals surface area contributed by atoms with Gasteiger partial charge in [-0.15, -0.1) is 0 Å². The van der Waals surface area contributed by atoms with Crippen molar-refractivity contribution in [2.24, 2.45) is 0 Å². The molecule has 0 atom stereocenters. The lowest BCUT2D eigenvalue weighted by atomic mass is 9.94. The van der Waals surface area contributed by atoms with Crippen LogP contribution >= 0.6 is 11.6 Å². The summed E-state index contributed by atoms with van der Waals surface area (Å²) in [5, 5.41) is 13.4. The van der Waals surface area contributed by atoms with Gasteiger partial charge in [0.1, 0.15) is 0 Å². The molecule has 2 N–H and O–H groups in total. The minimum atomic E-state index is -0.476. The van der Waals surface area contributed by atoms with Crippen LogP contribution in [0.2, 0.25) is 0 Å². The van der Waals surface area contributed by atoms with Crippen LogP contribution in [-0.2, 0) is 0 Å². The fraction of sp³-hybridized carbons (Fsp3) is 0.818. The molecule has 0 bridgehead atoms. The summed E-state index contributed by atoms with van der Waals surface area (Å²) in [6.45, 7) is 1.43. The quantitative estimate of drug-likeness (QED) is 0.560. The van der Waals surface area contributed by atoms with Crippen LogP contribution in [0.25, 0.3) is 0 Å². The van der Waals surface area contributed by atoms with E-state index >= 15 is 0 Å². The minimum absolute atomic E-state index is 0.476. The van der Waals surface area contributed by atoms with Gasteiger partial charge in [-0.25, -0.2) is 0 Å². The summed E-state index contributed by atoms with van der Waals surface area (Å²) in [5.74, 6) is 0. The van der Waals surface area contributed by atoms with Gasteiger partial charge in [-0.1, -0.05) is 43.4 Å². The van der Waals surface area contributed by atoms with E-state index in [-0.39, 0.29) is 0 Å². The number of halogens is 1. The fourth-order valence-electron chi connectivity index (χ4n) is 2.00. The van der Waals surface area contributed by atoms with Crippen LogP contribution in [0, 0.1) is 0 Å². The highest BCUT2D eigenvalue weighted by atomic mass is 35.5. The summed E-state index contributed by atoms with van der Waals surface area (Å²) in [6.07, 6.45) is 8.57. The van der Waals surface area contributed by atoms with Gasteiger partial charge in [-0.05, 0) is 12.8 Å². The molecular formula is C11H20ClNO. The van der Waals surface area contributed by atoms with E-state index < -0.39 is 5.60 Å². The summed E-state index contributed by atoms with van der Waals surface area (Å²) < 4.78 is 0. The Hall–Kier alpha value is -0.0500. The largest absolute Gasteiger partial charge is 0.389 e. The summed E-state index contributed by atoms with van der Waals surface area (Å²) in [6, 6.07) is 0. The van der Waals surface area contributed by atoms with Crippen LogP contribution in [-0.4, -0.2) is 23.8 Å². The van der Waals surface area contributed by atoms with E-state index in [4.69, 9.17) is 11.6 Å². The SMILES string of the molecule is OC1(CNC/C=C/Cl)CCCCCC1. The predicted molar refractivity (Wildman–Crippen MR) is 60.5 cm³/mol. The van der Waals surface area contributed by atoms with Crippen LogP contribution in [0.4, 0.5) is 0 Å². The highest BCUT2D eigenvalue weighted by Gasteiger charge is 2.26. The molecule has 0 spiro atoms. The van der Waals surface area contributed by atoms with E-state index in [1.807, 2.05) is 6.08 Å². The third-order valence-electron chi connectivity index (χ3n) is 2.84. The Bertz CT molecular complexity index is 174. The van der Waals surface area contributed by atoms with Crippen molar-refractivity contribution in [2.75, 3.05) is 13.1 Å². The van der Waals surface area contributed by atoms with Crippen LogP contribution in [0.3, 0.4) is 0 Å². The smallest absolute Gasteiger partial charge is 0.0771 e. The van der Waals surface area contributed by atoms with Crippen LogP contribution in [0.1, 0.15) is 38.5 Å². The first-order chi connectivity index (χ1) is 6.77. The Morgan fingerprint density at radius 2 is 1.86 bits per heavy atom. The molecule has 0 unspecified atom stereocenters. The van der Waals surface area contributed by atoms with E-state index in [0.29, 0.717) is 6.54 Å². The maximum absolute atomic E-state index is 10.2. The molecule has 0 aliphatic heterocycles. The number of aliphatic hydroxyl groups is 1. The normalized spacial score (nSPS) is 22.4. The van der Waals surface area contributed by atoms with Crippen molar-refractivity contribution < 1.29 is 5.11 Å². The van der Waals surface area contributed by atoms with Gasteiger partial charge in [0.25, 0.3) is 0 Å². The third-order valence-corrected chi connectivity index (χ3v) is 3.02. The van der Waals surface area contributed by atoms with E-state index in [1.165, 1.54) is 18.4 Å². The predicted octanol–water partition coefficient (Wildman–Crippen LogP) is 2.41. The van der Waals surface area contributed by atoms with Gasteiger partial charge in [0.2, 0.25) is 0 Å². The van der Waals surface area contributed by atoms with E-state index in [2.05, 4.69) is 5.32 Å². The molecule has 1 saturated carbocycles. The zero-order chi connectivity index (χ0) is 10.3. The Kier molecular flexibility index (Phi) is 5.53. The van der Waals surface area contributed by atoms with Gasteiger partial charge in [-0.3, -0.25) is 0 Å². The van der Waals surface area contributed by atoms with Crippen molar-refractivity contribution in [3.8, 4) is 0 Å². The lowest BCUT2D eigenvalue weighted by Crippen LogP contribution is -2.40.